The van der Waals surface area contributed by atoms with Gasteiger partial charge in [-0.1, -0.05) is 46.9 Å². The summed E-state index contributed by atoms with van der Waals surface area (Å²) < 4.78 is 5.16. The smallest absolute Gasteiger partial charge is 0.137 e. The summed E-state index contributed by atoms with van der Waals surface area (Å²) in [5.41, 5.74) is 7.86. The normalized spacial score (nSPS) is 12.2. The van der Waals surface area contributed by atoms with Crippen LogP contribution in [0.25, 0.3) is 0 Å². The highest BCUT2D eigenvalue weighted by Gasteiger charge is 2.16. The van der Waals surface area contributed by atoms with Crippen LogP contribution in [-0.2, 0) is 6.42 Å². The van der Waals surface area contributed by atoms with Crippen molar-refractivity contribution in [2.45, 2.75) is 12.3 Å². The van der Waals surface area contributed by atoms with Crippen LogP contribution in [0.3, 0.4) is 0 Å². The Balaban J connectivity index is 2.30. The molecule has 2 aromatic rings. The van der Waals surface area contributed by atoms with Gasteiger partial charge in [0.25, 0.3) is 0 Å². The summed E-state index contributed by atoms with van der Waals surface area (Å²) in [5.74, 6) is 0.734. The van der Waals surface area contributed by atoms with E-state index in [9.17, 15) is 0 Å². The third kappa shape index (κ3) is 3.83. The Bertz CT molecular complexity index is 611. The lowest BCUT2D eigenvalue weighted by Crippen LogP contribution is -2.15. The summed E-state index contributed by atoms with van der Waals surface area (Å²) in [6.45, 7) is 0.476. The van der Waals surface area contributed by atoms with E-state index in [0.717, 1.165) is 11.1 Å². The van der Waals surface area contributed by atoms with Gasteiger partial charge in [0.1, 0.15) is 5.75 Å². The third-order valence-corrected chi connectivity index (χ3v) is 4.45. The van der Waals surface area contributed by atoms with Crippen LogP contribution in [0.4, 0.5) is 0 Å². The average Bonchev–Trinajstić information content (AvgIpc) is 2.47. The molecule has 0 radical (unpaired) electrons. The van der Waals surface area contributed by atoms with Crippen molar-refractivity contribution in [3.63, 3.8) is 0 Å². The summed E-state index contributed by atoms with van der Waals surface area (Å²) >= 11 is 18.6. The van der Waals surface area contributed by atoms with Crippen molar-refractivity contribution in [3.8, 4) is 5.75 Å². The van der Waals surface area contributed by atoms with Crippen LogP contribution in [0.5, 0.6) is 5.75 Å². The van der Waals surface area contributed by atoms with Crippen LogP contribution >= 0.6 is 34.8 Å². The van der Waals surface area contributed by atoms with Gasteiger partial charge < -0.3 is 10.5 Å². The molecule has 0 fully saturated rings. The maximum atomic E-state index is 6.23. The predicted molar refractivity (Wildman–Crippen MR) is 90.0 cm³/mol. The number of ether oxygens (including phenoxy) is 1. The van der Waals surface area contributed by atoms with Crippen molar-refractivity contribution in [2.75, 3.05) is 13.7 Å². The first-order valence-corrected chi connectivity index (χ1v) is 7.66. The summed E-state index contributed by atoms with van der Waals surface area (Å²) in [7, 11) is 1.59. The number of hydrogen-bond donors (Lipinski definition) is 1. The predicted octanol–water partition coefficient (Wildman–Crippen LogP) is 4.94. The van der Waals surface area contributed by atoms with Crippen LogP contribution in [0.2, 0.25) is 15.1 Å². The van der Waals surface area contributed by atoms with Gasteiger partial charge in [-0.3, -0.25) is 0 Å². The second-order valence-corrected chi connectivity index (χ2v) is 5.95. The van der Waals surface area contributed by atoms with E-state index in [-0.39, 0.29) is 5.92 Å². The molecule has 21 heavy (non-hydrogen) atoms. The largest absolute Gasteiger partial charge is 0.495 e. The van der Waals surface area contributed by atoms with Crippen LogP contribution < -0.4 is 10.5 Å². The zero-order valence-electron chi connectivity index (χ0n) is 11.6. The number of halogens is 3. The molecule has 0 aromatic heterocycles. The molecule has 1 unspecified atom stereocenters. The zero-order valence-corrected chi connectivity index (χ0v) is 13.8. The second-order valence-electron chi connectivity index (χ2n) is 4.73. The molecule has 112 valence electrons. The average molecular weight is 345 g/mol. The molecule has 0 aliphatic carbocycles. The van der Waals surface area contributed by atoms with Gasteiger partial charge in [0.15, 0.2) is 0 Å². The Hall–Kier alpha value is -0.930. The molecule has 0 amide bonds. The van der Waals surface area contributed by atoms with E-state index < -0.39 is 0 Å². The first-order chi connectivity index (χ1) is 10.1. The minimum Gasteiger partial charge on any atom is -0.495 e. The summed E-state index contributed by atoms with van der Waals surface area (Å²) in [4.78, 5) is 0. The Kier molecular flexibility index (Phi) is 5.77. The van der Waals surface area contributed by atoms with Crippen LogP contribution in [0, 0.1) is 0 Å². The van der Waals surface area contributed by atoms with Gasteiger partial charge >= 0.3 is 0 Å². The van der Waals surface area contributed by atoms with Gasteiger partial charge in [-0.25, -0.2) is 0 Å². The van der Waals surface area contributed by atoms with Gasteiger partial charge in [-0.15, -0.1) is 0 Å². The van der Waals surface area contributed by atoms with E-state index in [1.165, 1.54) is 0 Å². The topological polar surface area (TPSA) is 35.2 Å². The molecule has 2 rings (SSSR count). The number of nitrogens with two attached hydrogens (primary N) is 1. The van der Waals surface area contributed by atoms with Crippen LogP contribution in [0.1, 0.15) is 17.0 Å². The molecule has 0 spiro atoms. The first kappa shape index (κ1) is 16.4. The van der Waals surface area contributed by atoms with E-state index >= 15 is 0 Å². The fourth-order valence-electron chi connectivity index (χ4n) is 2.25. The Morgan fingerprint density at radius 1 is 1.05 bits per heavy atom. The second kappa shape index (κ2) is 7.37. The minimum atomic E-state index is 0.0887. The Morgan fingerprint density at radius 2 is 1.71 bits per heavy atom. The fraction of sp³-hybridized carbons (Fsp3) is 0.250. The van der Waals surface area contributed by atoms with Gasteiger partial charge in [0.05, 0.1) is 12.1 Å². The highest BCUT2D eigenvalue weighted by atomic mass is 35.5. The molecular formula is C16H16Cl3NO. The third-order valence-electron chi connectivity index (χ3n) is 3.44. The van der Waals surface area contributed by atoms with Crippen LogP contribution in [0.15, 0.2) is 36.4 Å². The molecule has 2 aromatic carbocycles. The molecule has 2 nitrogen and oxygen atoms in total. The lowest BCUT2D eigenvalue weighted by atomic mass is 9.92. The Labute approximate surface area is 139 Å². The molecule has 0 saturated carbocycles. The van der Waals surface area contributed by atoms with E-state index in [4.69, 9.17) is 45.3 Å². The molecule has 0 bridgehead atoms. The maximum Gasteiger partial charge on any atom is 0.137 e. The van der Waals surface area contributed by atoms with E-state index in [0.29, 0.717) is 33.8 Å². The molecule has 0 aliphatic rings. The van der Waals surface area contributed by atoms with E-state index in [2.05, 4.69) is 0 Å². The maximum absolute atomic E-state index is 6.23. The van der Waals surface area contributed by atoms with E-state index in [1.54, 1.807) is 7.11 Å². The quantitative estimate of drug-likeness (QED) is 0.833. The Morgan fingerprint density at radius 3 is 2.24 bits per heavy atom. The molecule has 0 saturated heterocycles. The summed E-state index contributed by atoms with van der Waals surface area (Å²) in [6, 6.07) is 11.2. The number of benzene rings is 2. The summed E-state index contributed by atoms with van der Waals surface area (Å²) in [6.07, 6.45) is 0.664. The van der Waals surface area contributed by atoms with E-state index in [1.807, 2.05) is 36.4 Å². The highest BCUT2D eigenvalue weighted by molar-refractivity contribution is 6.36. The highest BCUT2D eigenvalue weighted by Crippen LogP contribution is 2.33. The molecule has 0 aliphatic heterocycles. The molecule has 1 atom stereocenters. The summed E-state index contributed by atoms with van der Waals surface area (Å²) in [5, 5.41) is 1.87. The number of hydrogen-bond acceptors (Lipinski definition) is 2. The molecule has 5 heteroatoms. The van der Waals surface area contributed by atoms with Gasteiger partial charge in [0, 0.05) is 16.0 Å². The van der Waals surface area contributed by atoms with Gasteiger partial charge in [0.2, 0.25) is 0 Å². The number of methoxy groups -OCH3 is 1. The van der Waals surface area contributed by atoms with Crippen molar-refractivity contribution in [3.05, 3.63) is 62.6 Å². The van der Waals surface area contributed by atoms with Gasteiger partial charge in [-0.05, 0) is 48.4 Å². The first-order valence-electron chi connectivity index (χ1n) is 6.53. The SMILES string of the molecule is COc1ccc(C(CN)Cc2c(Cl)cccc2Cl)cc1Cl. The number of rotatable bonds is 5. The lowest BCUT2D eigenvalue weighted by Gasteiger charge is -2.18. The van der Waals surface area contributed by atoms with Crippen LogP contribution in [-0.4, -0.2) is 13.7 Å². The zero-order chi connectivity index (χ0) is 15.4. The van der Waals surface area contributed by atoms with Gasteiger partial charge in [-0.2, -0.15) is 0 Å². The standard InChI is InChI=1S/C16H16Cl3NO/c1-21-16-6-5-10(8-15(16)19)11(9-20)7-12-13(17)3-2-4-14(12)18/h2-6,8,11H,7,9,20H2,1H3. The molecular weight excluding hydrogens is 329 g/mol. The van der Waals surface area contributed by atoms with Crippen molar-refractivity contribution >= 4 is 34.8 Å². The van der Waals surface area contributed by atoms with Crippen molar-refractivity contribution in [2.24, 2.45) is 5.73 Å². The van der Waals surface area contributed by atoms with Crippen molar-refractivity contribution < 1.29 is 4.74 Å². The van der Waals surface area contributed by atoms with Crippen molar-refractivity contribution in [1.82, 2.24) is 0 Å². The molecule has 2 N–H and O–H groups in total. The lowest BCUT2D eigenvalue weighted by molar-refractivity contribution is 0.414. The monoisotopic (exact) mass is 343 g/mol. The fourth-order valence-corrected chi connectivity index (χ4v) is 3.07. The van der Waals surface area contributed by atoms with Crippen molar-refractivity contribution in [1.29, 1.82) is 0 Å². The molecule has 0 heterocycles. The minimum absolute atomic E-state index is 0.0887.